The van der Waals surface area contributed by atoms with Gasteiger partial charge in [0, 0.05) is 37.5 Å². The molecule has 1 aromatic heterocycles. The van der Waals surface area contributed by atoms with E-state index in [0.29, 0.717) is 6.54 Å². The van der Waals surface area contributed by atoms with Crippen LogP contribution in [-0.4, -0.2) is 28.2 Å². The Morgan fingerprint density at radius 2 is 2.12 bits per heavy atom. The average Bonchev–Trinajstić information content (AvgIpc) is 2.55. The molecule has 0 spiro atoms. The van der Waals surface area contributed by atoms with Crippen molar-refractivity contribution >= 4 is 17.4 Å². The van der Waals surface area contributed by atoms with Gasteiger partial charge in [0.05, 0.1) is 11.5 Å². The molecule has 1 aromatic carbocycles. The van der Waals surface area contributed by atoms with Crippen LogP contribution in [0.1, 0.15) is 22.8 Å². The summed E-state index contributed by atoms with van der Waals surface area (Å²) < 4.78 is 4.77. The van der Waals surface area contributed by atoms with Crippen LogP contribution < -0.4 is 10.1 Å². The Labute approximate surface area is 137 Å². The largest absolute Gasteiger partial charge is 0.419 e. The number of hydrogen-bond donors (Lipinski definition) is 1. The maximum absolute atomic E-state index is 12.1. The van der Waals surface area contributed by atoms with Crippen LogP contribution in [0.15, 0.2) is 42.7 Å². The molecule has 0 aliphatic carbocycles. The summed E-state index contributed by atoms with van der Waals surface area (Å²) in [6.07, 6.45) is 3.33. The predicted octanol–water partition coefficient (Wildman–Crippen LogP) is 1.89. The molecule has 2 rings (SSSR count). The van der Waals surface area contributed by atoms with Crippen molar-refractivity contribution in [3.8, 4) is 5.75 Å². The van der Waals surface area contributed by atoms with Crippen LogP contribution in [0.4, 0.5) is 5.69 Å². The fourth-order valence-electron chi connectivity index (χ4n) is 2.00. The summed E-state index contributed by atoms with van der Waals surface area (Å²) in [6.45, 7) is 1.61. The fraction of sp³-hybridized carbons (Fsp3) is 0.188. The van der Waals surface area contributed by atoms with Gasteiger partial charge in [-0.25, -0.2) is 0 Å². The summed E-state index contributed by atoms with van der Waals surface area (Å²) in [7, 11) is 0. The number of nitrogens with one attached hydrogen (secondary N) is 1. The van der Waals surface area contributed by atoms with Crippen molar-refractivity contribution in [3.63, 3.8) is 0 Å². The van der Waals surface area contributed by atoms with Gasteiger partial charge in [-0.2, -0.15) is 0 Å². The highest BCUT2D eigenvalue weighted by Gasteiger charge is 2.19. The average molecular weight is 329 g/mol. The van der Waals surface area contributed by atoms with Gasteiger partial charge in [-0.15, -0.1) is 0 Å². The molecule has 1 N–H and O–H groups in total. The Morgan fingerprint density at radius 3 is 2.75 bits per heavy atom. The summed E-state index contributed by atoms with van der Waals surface area (Å²) in [5, 5.41) is 14.0. The van der Waals surface area contributed by atoms with Gasteiger partial charge in [0.2, 0.25) is 5.75 Å². The number of nitrogens with zero attached hydrogens (tertiary/aromatic N) is 2. The molecule has 24 heavy (non-hydrogen) atoms. The minimum Gasteiger partial charge on any atom is -0.419 e. The molecular formula is C16H15N3O5. The van der Waals surface area contributed by atoms with E-state index in [-0.39, 0.29) is 23.6 Å². The first-order valence-electron chi connectivity index (χ1n) is 7.07. The van der Waals surface area contributed by atoms with Crippen LogP contribution in [0.3, 0.4) is 0 Å². The fourth-order valence-corrected chi connectivity index (χ4v) is 2.00. The minimum atomic E-state index is -0.696. The van der Waals surface area contributed by atoms with E-state index in [0.717, 1.165) is 18.6 Å². The molecule has 124 valence electrons. The third-order valence-corrected chi connectivity index (χ3v) is 3.07. The van der Waals surface area contributed by atoms with Crippen molar-refractivity contribution in [3.05, 3.63) is 64.0 Å². The Balaban J connectivity index is 2.05. The molecule has 8 nitrogen and oxygen atoms in total. The predicted molar refractivity (Wildman–Crippen MR) is 84.7 cm³/mol. The third-order valence-electron chi connectivity index (χ3n) is 3.07. The lowest BCUT2D eigenvalue weighted by atomic mass is 10.1. The van der Waals surface area contributed by atoms with Gasteiger partial charge in [0.1, 0.15) is 0 Å². The number of Topliss-reactive ketones (excluding diaryl/α,β-unsaturated/α-hetero) is 1. The Morgan fingerprint density at radius 1 is 1.33 bits per heavy atom. The summed E-state index contributed by atoms with van der Waals surface area (Å²) in [5.41, 5.74) is 0.654. The van der Waals surface area contributed by atoms with Crippen molar-refractivity contribution in [1.82, 2.24) is 10.3 Å². The van der Waals surface area contributed by atoms with Gasteiger partial charge in [-0.3, -0.25) is 24.7 Å². The van der Waals surface area contributed by atoms with E-state index in [1.165, 1.54) is 12.1 Å². The number of ketones is 1. The van der Waals surface area contributed by atoms with Crippen LogP contribution in [0.5, 0.6) is 5.75 Å². The lowest BCUT2D eigenvalue weighted by Crippen LogP contribution is -2.22. The topological polar surface area (TPSA) is 111 Å². The van der Waals surface area contributed by atoms with Crippen LogP contribution in [0, 0.1) is 10.1 Å². The number of rotatable bonds is 7. The standard InChI is InChI=1S/C16H15N3O5/c1-11(20)24-16-5-4-13(7-14(16)19(22)23)15(21)10-18-9-12-3-2-6-17-8-12/h2-8,18H,9-10H2,1H3. The van der Waals surface area contributed by atoms with Gasteiger partial charge >= 0.3 is 11.7 Å². The molecule has 0 amide bonds. The molecule has 0 saturated carbocycles. The van der Waals surface area contributed by atoms with Gasteiger partial charge in [-0.1, -0.05) is 6.07 Å². The van der Waals surface area contributed by atoms with Crippen molar-refractivity contribution in [2.45, 2.75) is 13.5 Å². The highest BCUT2D eigenvalue weighted by Crippen LogP contribution is 2.28. The molecular weight excluding hydrogens is 314 g/mol. The first-order valence-corrected chi connectivity index (χ1v) is 7.07. The maximum Gasteiger partial charge on any atom is 0.312 e. The van der Waals surface area contributed by atoms with E-state index < -0.39 is 16.6 Å². The number of esters is 1. The molecule has 0 aliphatic heterocycles. The molecule has 1 heterocycles. The molecule has 8 heteroatoms. The maximum atomic E-state index is 12.1. The third kappa shape index (κ3) is 4.68. The number of carbonyl (C=O) groups is 2. The van der Waals surface area contributed by atoms with Crippen molar-refractivity contribution < 1.29 is 19.2 Å². The smallest absolute Gasteiger partial charge is 0.312 e. The van der Waals surface area contributed by atoms with Crippen molar-refractivity contribution in [1.29, 1.82) is 0 Å². The highest BCUT2D eigenvalue weighted by atomic mass is 16.6. The summed E-state index contributed by atoms with van der Waals surface area (Å²) in [5.74, 6) is -1.17. The number of aromatic nitrogens is 1. The monoisotopic (exact) mass is 329 g/mol. The van der Waals surface area contributed by atoms with Gasteiger partial charge < -0.3 is 10.1 Å². The number of nitro groups is 1. The van der Waals surface area contributed by atoms with Crippen LogP contribution >= 0.6 is 0 Å². The normalized spacial score (nSPS) is 10.2. The highest BCUT2D eigenvalue weighted by molar-refractivity contribution is 5.98. The van der Waals surface area contributed by atoms with E-state index in [9.17, 15) is 19.7 Å². The second-order valence-corrected chi connectivity index (χ2v) is 4.92. The number of hydrogen-bond acceptors (Lipinski definition) is 7. The van der Waals surface area contributed by atoms with Crippen molar-refractivity contribution in [2.75, 3.05) is 6.54 Å². The van der Waals surface area contributed by atoms with Crippen LogP contribution in [0.25, 0.3) is 0 Å². The summed E-state index contributed by atoms with van der Waals surface area (Å²) >= 11 is 0. The molecule has 0 unspecified atom stereocenters. The second kappa shape index (κ2) is 7.93. The first kappa shape index (κ1) is 17.2. The van der Waals surface area contributed by atoms with E-state index >= 15 is 0 Å². The quantitative estimate of drug-likeness (QED) is 0.271. The zero-order chi connectivity index (χ0) is 17.5. The van der Waals surface area contributed by atoms with Crippen LogP contribution in [-0.2, 0) is 11.3 Å². The SMILES string of the molecule is CC(=O)Oc1ccc(C(=O)CNCc2cccnc2)cc1[N+](=O)[O-]. The van der Waals surface area contributed by atoms with E-state index in [1.807, 2.05) is 6.07 Å². The van der Waals surface area contributed by atoms with Crippen LogP contribution in [0.2, 0.25) is 0 Å². The second-order valence-electron chi connectivity index (χ2n) is 4.92. The Bertz CT molecular complexity index is 762. The molecule has 0 fully saturated rings. The number of carbonyl (C=O) groups excluding carboxylic acids is 2. The number of benzene rings is 1. The molecule has 0 bridgehead atoms. The Hall–Kier alpha value is -3.13. The Kier molecular flexibility index (Phi) is 5.69. The summed E-state index contributed by atoms with van der Waals surface area (Å²) in [4.78, 5) is 37.4. The van der Waals surface area contributed by atoms with Gasteiger partial charge in [0.15, 0.2) is 5.78 Å². The molecule has 0 atom stereocenters. The van der Waals surface area contributed by atoms with E-state index in [1.54, 1.807) is 18.5 Å². The zero-order valence-corrected chi connectivity index (χ0v) is 12.9. The lowest BCUT2D eigenvalue weighted by molar-refractivity contribution is -0.385. The van der Waals surface area contributed by atoms with Crippen molar-refractivity contribution in [2.24, 2.45) is 0 Å². The lowest BCUT2D eigenvalue weighted by Gasteiger charge is -2.06. The number of pyridine rings is 1. The minimum absolute atomic E-state index is 0.0129. The van der Waals surface area contributed by atoms with Gasteiger partial charge in [0.25, 0.3) is 0 Å². The molecule has 2 aromatic rings. The van der Waals surface area contributed by atoms with E-state index in [4.69, 9.17) is 4.74 Å². The first-order chi connectivity index (χ1) is 11.5. The van der Waals surface area contributed by atoms with E-state index in [2.05, 4.69) is 10.3 Å². The number of ether oxygens (including phenoxy) is 1. The molecule has 0 radical (unpaired) electrons. The number of nitro benzene ring substituents is 1. The van der Waals surface area contributed by atoms with Gasteiger partial charge in [-0.05, 0) is 23.8 Å². The molecule has 0 saturated heterocycles. The molecule has 0 aliphatic rings. The zero-order valence-electron chi connectivity index (χ0n) is 12.9. The summed E-state index contributed by atoms with van der Waals surface area (Å²) in [6, 6.07) is 7.39.